The van der Waals surface area contributed by atoms with Gasteiger partial charge in [-0.25, -0.2) is 4.98 Å². The Balaban J connectivity index is 2.01. The van der Waals surface area contributed by atoms with Gasteiger partial charge in [0.05, 0.1) is 25.4 Å². The minimum Gasteiger partial charge on any atom is -0.497 e. The fourth-order valence-corrected chi connectivity index (χ4v) is 2.19. The first-order valence-corrected chi connectivity index (χ1v) is 6.38. The third-order valence-electron chi connectivity index (χ3n) is 3.23. The van der Waals surface area contributed by atoms with Gasteiger partial charge < -0.3 is 10.5 Å². The standard InChI is InChI=1S/C15H16N4O/c1-10-7-17-19(8-10)9-12-5-11-3-4-13(20-2)6-14(11)18-15(12)16/h3-8H,9H2,1-2H3,(H2,16,18). The second kappa shape index (κ2) is 4.85. The Labute approximate surface area is 117 Å². The van der Waals surface area contributed by atoms with Crippen LogP contribution < -0.4 is 10.5 Å². The van der Waals surface area contributed by atoms with Gasteiger partial charge in [0.2, 0.25) is 0 Å². The highest BCUT2D eigenvalue weighted by atomic mass is 16.5. The molecule has 0 aliphatic carbocycles. The molecule has 0 fully saturated rings. The summed E-state index contributed by atoms with van der Waals surface area (Å²) in [7, 11) is 1.64. The van der Waals surface area contributed by atoms with Crippen LogP contribution in [0.15, 0.2) is 36.7 Å². The van der Waals surface area contributed by atoms with Crippen molar-refractivity contribution in [3.8, 4) is 5.75 Å². The van der Waals surface area contributed by atoms with Gasteiger partial charge in [-0.1, -0.05) is 0 Å². The summed E-state index contributed by atoms with van der Waals surface area (Å²) in [6.07, 6.45) is 3.81. The quantitative estimate of drug-likeness (QED) is 0.792. The first kappa shape index (κ1) is 12.5. The lowest BCUT2D eigenvalue weighted by Crippen LogP contribution is -2.05. The van der Waals surface area contributed by atoms with E-state index in [2.05, 4.69) is 10.1 Å². The van der Waals surface area contributed by atoms with Gasteiger partial charge in [-0.15, -0.1) is 0 Å². The third kappa shape index (κ3) is 2.30. The number of benzene rings is 1. The topological polar surface area (TPSA) is 66.0 Å². The van der Waals surface area contributed by atoms with Crippen LogP contribution in [0.1, 0.15) is 11.1 Å². The van der Waals surface area contributed by atoms with Crippen LogP contribution in [0.5, 0.6) is 5.75 Å². The molecule has 5 nitrogen and oxygen atoms in total. The Morgan fingerprint density at radius 2 is 2.15 bits per heavy atom. The molecule has 2 heterocycles. The van der Waals surface area contributed by atoms with E-state index < -0.39 is 0 Å². The van der Waals surface area contributed by atoms with Crippen molar-refractivity contribution in [2.45, 2.75) is 13.5 Å². The molecule has 0 unspecified atom stereocenters. The molecular formula is C15H16N4O. The van der Waals surface area contributed by atoms with E-state index in [9.17, 15) is 0 Å². The molecule has 0 saturated heterocycles. The Kier molecular flexibility index (Phi) is 3.02. The molecule has 0 bridgehead atoms. The second-order valence-electron chi connectivity index (χ2n) is 4.81. The molecule has 0 aliphatic heterocycles. The van der Waals surface area contributed by atoms with E-state index in [0.29, 0.717) is 12.4 Å². The molecule has 0 atom stereocenters. The third-order valence-corrected chi connectivity index (χ3v) is 3.23. The van der Waals surface area contributed by atoms with E-state index in [1.54, 1.807) is 7.11 Å². The summed E-state index contributed by atoms with van der Waals surface area (Å²) in [4.78, 5) is 4.44. The number of fused-ring (bicyclic) bond motifs is 1. The first-order valence-electron chi connectivity index (χ1n) is 6.38. The molecule has 20 heavy (non-hydrogen) atoms. The molecular weight excluding hydrogens is 252 g/mol. The Morgan fingerprint density at radius 1 is 1.30 bits per heavy atom. The van der Waals surface area contributed by atoms with Crippen LogP contribution in [0.3, 0.4) is 0 Å². The van der Waals surface area contributed by atoms with E-state index >= 15 is 0 Å². The number of hydrogen-bond acceptors (Lipinski definition) is 4. The molecule has 0 saturated carbocycles. The maximum Gasteiger partial charge on any atom is 0.129 e. The molecule has 0 spiro atoms. The Morgan fingerprint density at radius 3 is 2.85 bits per heavy atom. The summed E-state index contributed by atoms with van der Waals surface area (Å²) >= 11 is 0. The molecule has 102 valence electrons. The molecule has 3 aromatic rings. The molecule has 0 amide bonds. The fraction of sp³-hybridized carbons (Fsp3) is 0.200. The summed E-state index contributed by atoms with van der Waals surface area (Å²) in [6, 6.07) is 7.84. The van der Waals surface area contributed by atoms with Gasteiger partial charge in [0.1, 0.15) is 11.6 Å². The number of methoxy groups -OCH3 is 1. The van der Waals surface area contributed by atoms with Gasteiger partial charge in [0, 0.05) is 23.2 Å². The normalized spacial score (nSPS) is 10.9. The SMILES string of the molecule is COc1ccc2cc(Cn3cc(C)cn3)c(N)nc2c1. The predicted molar refractivity (Wildman–Crippen MR) is 78.8 cm³/mol. The van der Waals surface area contributed by atoms with Crippen molar-refractivity contribution in [2.24, 2.45) is 0 Å². The number of hydrogen-bond donors (Lipinski definition) is 1. The van der Waals surface area contributed by atoms with Crippen LogP contribution in [0.25, 0.3) is 10.9 Å². The summed E-state index contributed by atoms with van der Waals surface area (Å²) in [5.74, 6) is 1.30. The molecule has 2 aromatic heterocycles. The van der Waals surface area contributed by atoms with Crippen molar-refractivity contribution in [1.82, 2.24) is 14.8 Å². The first-order chi connectivity index (χ1) is 9.65. The number of nitrogens with two attached hydrogens (primary N) is 1. The predicted octanol–water partition coefficient (Wildman–Crippen LogP) is 2.38. The second-order valence-corrected chi connectivity index (χ2v) is 4.81. The number of rotatable bonds is 3. The summed E-state index contributed by atoms with van der Waals surface area (Å²) in [5, 5.41) is 5.31. The van der Waals surface area contributed by atoms with Crippen LogP contribution in [0.2, 0.25) is 0 Å². The molecule has 3 rings (SSSR count). The summed E-state index contributed by atoms with van der Waals surface area (Å²) < 4.78 is 7.06. The van der Waals surface area contributed by atoms with E-state index in [1.807, 2.05) is 48.3 Å². The van der Waals surface area contributed by atoms with Crippen molar-refractivity contribution in [3.05, 3.63) is 47.8 Å². The van der Waals surface area contributed by atoms with E-state index in [0.717, 1.165) is 27.8 Å². The lowest BCUT2D eigenvalue weighted by atomic mass is 10.1. The number of pyridine rings is 1. The lowest BCUT2D eigenvalue weighted by molar-refractivity contribution is 0.415. The monoisotopic (exact) mass is 268 g/mol. The number of nitrogens with zero attached hydrogens (tertiary/aromatic N) is 3. The molecule has 2 N–H and O–H groups in total. The van der Waals surface area contributed by atoms with E-state index in [1.165, 1.54) is 0 Å². The average molecular weight is 268 g/mol. The van der Waals surface area contributed by atoms with Crippen LogP contribution in [0, 0.1) is 6.92 Å². The largest absolute Gasteiger partial charge is 0.497 e. The molecule has 0 radical (unpaired) electrons. The number of anilines is 1. The fourth-order valence-electron chi connectivity index (χ4n) is 2.19. The number of nitrogen functional groups attached to an aromatic ring is 1. The van der Waals surface area contributed by atoms with Gasteiger partial charge in [-0.05, 0) is 30.7 Å². The summed E-state index contributed by atoms with van der Waals surface area (Å²) in [5.41, 5.74) is 8.97. The molecule has 1 aromatic carbocycles. The minimum atomic E-state index is 0.527. The summed E-state index contributed by atoms with van der Waals surface area (Å²) in [6.45, 7) is 2.63. The van der Waals surface area contributed by atoms with Gasteiger partial charge in [0.15, 0.2) is 0 Å². The zero-order valence-electron chi connectivity index (χ0n) is 11.5. The van der Waals surface area contributed by atoms with Gasteiger partial charge in [-0.2, -0.15) is 5.10 Å². The van der Waals surface area contributed by atoms with Crippen LogP contribution >= 0.6 is 0 Å². The zero-order valence-corrected chi connectivity index (χ0v) is 11.5. The highest BCUT2D eigenvalue weighted by Gasteiger charge is 2.06. The highest BCUT2D eigenvalue weighted by molar-refractivity contribution is 5.82. The number of aromatic nitrogens is 3. The van der Waals surface area contributed by atoms with E-state index in [-0.39, 0.29) is 0 Å². The van der Waals surface area contributed by atoms with Crippen molar-refractivity contribution >= 4 is 16.7 Å². The Hall–Kier alpha value is -2.56. The van der Waals surface area contributed by atoms with Crippen LogP contribution in [-0.2, 0) is 6.54 Å². The van der Waals surface area contributed by atoms with Crippen LogP contribution in [-0.4, -0.2) is 21.9 Å². The lowest BCUT2D eigenvalue weighted by Gasteiger charge is -2.08. The number of ether oxygens (including phenoxy) is 1. The van der Waals surface area contributed by atoms with Crippen molar-refractivity contribution in [1.29, 1.82) is 0 Å². The van der Waals surface area contributed by atoms with Gasteiger partial charge in [0.25, 0.3) is 0 Å². The molecule has 5 heteroatoms. The maximum absolute atomic E-state index is 6.04. The maximum atomic E-state index is 6.04. The molecule has 0 aliphatic rings. The van der Waals surface area contributed by atoms with Gasteiger partial charge >= 0.3 is 0 Å². The van der Waals surface area contributed by atoms with Crippen molar-refractivity contribution < 1.29 is 4.74 Å². The van der Waals surface area contributed by atoms with Crippen molar-refractivity contribution in [3.63, 3.8) is 0 Å². The Bertz CT molecular complexity index is 764. The minimum absolute atomic E-state index is 0.527. The highest BCUT2D eigenvalue weighted by Crippen LogP contribution is 2.23. The van der Waals surface area contributed by atoms with Crippen LogP contribution in [0.4, 0.5) is 5.82 Å². The number of aryl methyl sites for hydroxylation is 1. The smallest absolute Gasteiger partial charge is 0.129 e. The van der Waals surface area contributed by atoms with E-state index in [4.69, 9.17) is 10.5 Å². The zero-order chi connectivity index (χ0) is 14.1. The average Bonchev–Trinajstić information content (AvgIpc) is 2.84. The van der Waals surface area contributed by atoms with Gasteiger partial charge in [-0.3, -0.25) is 4.68 Å². The van der Waals surface area contributed by atoms with Crippen molar-refractivity contribution in [2.75, 3.05) is 12.8 Å².